The van der Waals surface area contributed by atoms with Crippen LogP contribution in [0.25, 0.3) is 0 Å². The van der Waals surface area contributed by atoms with Gasteiger partial charge in [0.1, 0.15) is 11.3 Å². The molecule has 1 aliphatic carbocycles. The van der Waals surface area contributed by atoms with Crippen molar-refractivity contribution in [3.63, 3.8) is 0 Å². The van der Waals surface area contributed by atoms with Crippen molar-refractivity contribution < 1.29 is 24.9 Å². The smallest absolute Gasteiger partial charge is 0.339 e. The second-order valence-corrected chi connectivity index (χ2v) is 5.11. The average Bonchev–Trinajstić information content (AvgIpc) is 2.37. The molecular weight excluding hydrogens is 274 g/mol. The summed E-state index contributed by atoms with van der Waals surface area (Å²) in [5.74, 6) is -1.97. The van der Waals surface area contributed by atoms with Gasteiger partial charge in [0.15, 0.2) is 0 Å². The Hall–Kier alpha value is -2.34. The number of allylic oxidation sites excluding steroid dienone is 1. The number of aliphatic hydroxyl groups excluding tert-OH is 1. The summed E-state index contributed by atoms with van der Waals surface area (Å²) in [7, 11) is 0. The highest BCUT2D eigenvalue weighted by atomic mass is 16.4. The maximum absolute atomic E-state index is 12.1. The van der Waals surface area contributed by atoms with E-state index in [2.05, 4.69) is 5.32 Å². The largest absolute Gasteiger partial charge is 0.507 e. The third-order valence-electron chi connectivity index (χ3n) is 3.42. The first-order valence-corrected chi connectivity index (χ1v) is 6.64. The minimum Gasteiger partial charge on any atom is -0.507 e. The molecule has 0 saturated carbocycles. The SMILES string of the molecule is Cc1cc(NC(=O)C2=CCCC(O)C2)cc(O)c1C(=O)O. The number of aromatic hydroxyl groups is 1. The van der Waals surface area contributed by atoms with Gasteiger partial charge >= 0.3 is 5.97 Å². The Bertz CT molecular complexity index is 597. The lowest BCUT2D eigenvalue weighted by Crippen LogP contribution is -2.21. The molecule has 21 heavy (non-hydrogen) atoms. The maximum Gasteiger partial charge on any atom is 0.339 e. The molecule has 0 bridgehead atoms. The fourth-order valence-electron chi connectivity index (χ4n) is 2.40. The van der Waals surface area contributed by atoms with Crippen molar-refractivity contribution in [2.45, 2.75) is 32.3 Å². The van der Waals surface area contributed by atoms with Crippen molar-refractivity contribution in [2.24, 2.45) is 0 Å². The Labute approximate surface area is 121 Å². The first-order valence-electron chi connectivity index (χ1n) is 6.64. The second-order valence-electron chi connectivity index (χ2n) is 5.11. The van der Waals surface area contributed by atoms with Crippen LogP contribution in [0.5, 0.6) is 5.75 Å². The molecule has 0 aromatic heterocycles. The van der Waals surface area contributed by atoms with E-state index < -0.39 is 17.8 Å². The zero-order chi connectivity index (χ0) is 15.6. The Kier molecular flexibility index (Phi) is 4.28. The lowest BCUT2D eigenvalue weighted by atomic mass is 9.96. The quantitative estimate of drug-likeness (QED) is 0.679. The van der Waals surface area contributed by atoms with Crippen LogP contribution >= 0.6 is 0 Å². The number of anilines is 1. The molecule has 1 aliphatic rings. The number of hydrogen-bond acceptors (Lipinski definition) is 4. The number of carboxylic acids is 1. The zero-order valence-electron chi connectivity index (χ0n) is 11.6. The van der Waals surface area contributed by atoms with E-state index in [0.29, 0.717) is 36.1 Å². The molecule has 1 unspecified atom stereocenters. The van der Waals surface area contributed by atoms with Crippen LogP contribution in [0.15, 0.2) is 23.8 Å². The molecule has 112 valence electrons. The molecule has 0 radical (unpaired) electrons. The van der Waals surface area contributed by atoms with Gasteiger partial charge in [0, 0.05) is 23.7 Å². The van der Waals surface area contributed by atoms with Gasteiger partial charge in [-0.15, -0.1) is 0 Å². The normalized spacial score (nSPS) is 18.0. The van der Waals surface area contributed by atoms with E-state index in [1.165, 1.54) is 12.1 Å². The van der Waals surface area contributed by atoms with Crippen LogP contribution in [0.1, 0.15) is 35.2 Å². The van der Waals surface area contributed by atoms with E-state index in [1.54, 1.807) is 13.0 Å². The van der Waals surface area contributed by atoms with E-state index in [9.17, 15) is 19.8 Å². The van der Waals surface area contributed by atoms with E-state index in [4.69, 9.17) is 5.11 Å². The molecule has 0 fully saturated rings. The van der Waals surface area contributed by atoms with Gasteiger partial charge in [-0.3, -0.25) is 4.79 Å². The molecular formula is C15H17NO5. The highest BCUT2D eigenvalue weighted by Crippen LogP contribution is 2.27. The van der Waals surface area contributed by atoms with Gasteiger partial charge < -0.3 is 20.6 Å². The lowest BCUT2D eigenvalue weighted by Gasteiger charge is -2.18. The van der Waals surface area contributed by atoms with Crippen molar-refractivity contribution in [3.8, 4) is 5.75 Å². The fraction of sp³-hybridized carbons (Fsp3) is 0.333. The van der Waals surface area contributed by atoms with E-state index in [0.717, 1.165) is 0 Å². The van der Waals surface area contributed by atoms with Crippen molar-refractivity contribution in [1.29, 1.82) is 0 Å². The molecule has 1 aromatic rings. The van der Waals surface area contributed by atoms with Crippen LogP contribution in [0, 0.1) is 6.92 Å². The van der Waals surface area contributed by atoms with E-state index in [1.807, 2.05) is 0 Å². The molecule has 4 N–H and O–H groups in total. The number of amides is 1. The standard InChI is InChI=1S/C15H17NO5/c1-8-5-10(7-12(18)13(8)15(20)21)16-14(19)9-3-2-4-11(17)6-9/h3,5,7,11,17-18H,2,4,6H2,1H3,(H,16,19)(H,20,21). The number of hydrogen-bond donors (Lipinski definition) is 4. The number of benzene rings is 1. The van der Waals surface area contributed by atoms with Crippen molar-refractivity contribution in [1.82, 2.24) is 0 Å². The van der Waals surface area contributed by atoms with Crippen molar-refractivity contribution in [3.05, 3.63) is 34.9 Å². The first-order chi connectivity index (χ1) is 9.88. The molecule has 0 aliphatic heterocycles. The Morgan fingerprint density at radius 3 is 2.62 bits per heavy atom. The monoisotopic (exact) mass is 291 g/mol. The van der Waals surface area contributed by atoms with Gasteiger partial charge in [-0.1, -0.05) is 6.08 Å². The van der Waals surface area contributed by atoms with Crippen molar-refractivity contribution >= 4 is 17.6 Å². The summed E-state index contributed by atoms with van der Waals surface area (Å²) in [6, 6.07) is 2.69. The number of aliphatic hydroxyl groups is 1. The summed E-state index contributed by atoms with van der Waals surface area (Å²) < 4.78 is 0. The molecule has 0 saturated heterocycles. The number of aryl methyl sites for hydroxylation is 1. The predicted molar refractivity (Wildman–Crippen MR) is 76.4 cm³/mol. The third kappa shape index (κ3) is 3.41. The maximum atomic E-state index is 12.1. The van der Waals surface area contributed by atoms with E-state index in [-0.39, 0.29) is 11.5 Å². The molecule has 1 amide bonds. The summed E-state index contributed by atoms with van der Waals surface area (Å²) in [6.07, 6.45) is 2.85. The van der Waals surface area contributed by atoms with Crippen LogP contribution in [0.4, 0.5) is 5.69 Å². The summed E-state index contributed by atoms with van der Waals surface area (Å²) in [5.41, 5.74) is 0.991. The minimum absolute atomic E-state index is 0.180. The zero-order valence-corrected chi connectivity index (χ0v) is 11.6. The van der Waals surface area contributed by atoms with Crippen molar-refractivity contribution in [2.75, 3.05) is 5.32 Å². The van der Waals surface area contributed by atoms with Crippen LogP contribution in [0.3, 0.4) is 0 Å². The fourth-order valence-corrected chi connectivity index (χ4v) is 2.40. The van der Waals surface area contributed by atoms with Gasteiger partial charge in [-0.25, -0.2) is 4.79 Å². The summed E-state index contributed by atoms with van der Waals surface area (Å²) in [4.78, 5) is 23.0. The number of carboxylic acid groups (broad SMARTS) is 1. The topological polar surface area (TPSA) is 107 Å². The van der Waals surface area contributed by atoms with E-state index >= 15 is 0 Å². The number of aromatic carboxylic acids is 1. The van der Waals surface area contributed by atoms with Gasteiger partial charge in [0.2, 0.25) is 0 Å². The summed E-state index contributed by atoms with van der Waals surface area (Å²) in [6.45, 7) is 1.54. The Balaban J connectivity index is 2.19. The first kappa shape index (κ1) is 15.1. The second kappa shape index (κ2) is 5.97. The molecule has 6 heteroatoms. The average molecular weight is 291 g/mol. The minimum atomic E-state index is -1.22. The molecule has 2 rings (SSSR count). The summed E-state index contributed by atoms with van der Waals surface area (Å²) >= 11 is 0. The highest BCUT2D eigenvalue weighted by molar-refractivity contribution is 6.04. The van der Waals surface area contributed by atoms with Crippen LogP contribution in [0.2, 0.25) is 0 Å². The van der Waals surface area contributed by atoms with Crippen LogP contribution < -0.4 is 5.32 Å². The number of nitrogens with one attached hydrogen (secondary N) is 1. The summed E-state index contributed by atoms with van der Waals surface area (Å²) in [5, 5.41) is 30.9. The molecule has 1 atom stereocenters. The van der Waals surface area contributed by atoms with Gasteiger partial charge in [0.05, 0.1) is 6.10 Å². The van der Waals surface area contributed by atoms with Crippen LogP contribution in [-0.4, -0.2) is 33.3 Å². The van der Waals surface area contributed by atoms with Crippen LogP contribution in [-0.2, 0) is 4.79 Å². The highest BCUT2D eigenvalue weighted by Gasteiger charge is 2.20. The molecule has 6 nitrogen and oxygen atoms in total. The Morgan fingerprint density at radius 1 is 1.33 bits per heavy atom. The third-order valence-corrected chi connectivity index (χ3v) is 3.42. The van der Waals surface area contributed by atoms with Gasteiger partial charge in [-0.05, 0) is 31.4 Å². The Morgan fingerprint density at radius 2 is 2.05 bits per heavy atom. The number of rotatable bonds is 3. The number of carbonyl (C=O) groups is 2. The predicted octanol–water partition coefficient (Wildman–Crippen LogP) is 1.81. The number of carbonyl (C=O) groups excluding carboxylic acids is 1. The lowest BCUT2D eigenvalue weighted by molar-refractivity contribution is -0.113. The van der Waals surface area contributed by atoms with Gasteiger partial charge in [0.25, 0.3) is 5.91 Å². The van der Waals surface area contributed by atoms with Gasteiger partial charge in [-0.2, -0.15) is 0 Å². The number of phenols is 1. The molecule has 0 heterocycles. The molecule has 1 aromatic carbocycles. The molecule has 0 spiro atoms.